The summed E-state index contributed by atoms with van der Waals surface area (Å²) in [7, 11) is 0. The standard InChI is InChI=1S/C73H130O6/c1-4-7-10-13-16-19-22-25-28-31-33-34-35-36-37-38-39-41-42-45-48-51-54-57-60-63-66-72(75)78-69-70(68-77-71(74)65-62-59-56-53-50-47-44-30-27-24-21-18-15-12-9-6-3)79-73(76)67-64-61-58-55-52-49-46-43-40-32-29-26-23-20-17-14-11-8-5-2/h8,11,17,20,26,29,40,43,49,52,58,61,70H,4-7,9-10,12-16,18-19,21-25,27-28,30-39,41-42,44-48,50-51,53-57,59-60,62-69H2,1-3H3/b11-8-,20-17-,29-26-,43-40-,52-49-,61-58-. The minimum Gasteiger partial charge on any atom is -0.462 e. The summed E-state index contributed by atoms with van der Waals surface area (Å²) in [5.74, 6) is -0.964. The van der Waals surface area contributed by atoms with Gasteiger partial charge in [0, 0.05) is 19.3 Å². The van der Waals surface area contributed by atoms with E-state index in [4.69, 9.17) is 14.2 Å². The summed E-state index contributed by atoms with van der Waals surface area (Å²) < 4.78 is 16.9. The van der Waals surface area contributed by atoms with Gasteiger partial charge >= 0.3 is 17.9 Å². The van der Waals surface area contributed by atoms with Crippen molar-refractivity contribution >= 4 is 17.9 Å². The second-order valence-corrected chi connectivity index (χ2v) is 23.1. The number of carbonyl (C=O) groups is 3. The second kappa shape index (κ2) is 67.4. The van der Waals surface area contributed by atoms with Crippen molar-refractivity contribution in [3.8, 4) is 0 Å². The monoisotopic (exact) mass is 1100 g/mol. The summed E-state index contributed by atoms with van der Waals surface area (Å²) in [6.45, 7) is 6.53. The molecule has 458 valence electrons. The topological polar surface area (TPSA) is 78.9 Å². The predicted octanol–water partition coefficient (Wildman–Crippen LogP) is 23.7. The average Bonchev–Trinajstić information content (AvgIpc) is 3.45. The highest BCUT2D eigenvalue weighted by atomic mass is 16.6. The predicted molar refractivity (Wildman–Crippen MR) is 344 cm³/mol. The molecule has 0 fully saturated rings. The molecule has 0 saturated heterocycles. The van der Waals surface area contributed by atoms with Gasteiger partial charge in [0.15, 0.2) is 6.10 Å². The molecule has 0 spiro atoms. The van der Waals surface area contributed by atoms with Crippen LogP contribution in [0.2, 0.25) is 0 Å². The van der Waals surface area contributed by atoms with Gasteiger partial charge in [-0.25, -0.2) is 0 Å². The van der Waals surface area contributed by atoms with Crippen LogP contribution in [0, 0.1) is 0 Å². The number of hydrogen-bond donors (Lipinski definition) is 0. The molecule has 0 heterocycles. The van der Waals surface area contributed by atoms with Crippen LogP contribution in [0.15, 0.2) is 72.9 Å². The molecule has 0 aliphatic rings. The fourth-order valence-corrected chi connectivity index (χ4v) is 10.1. The SMILES string of the molecule is CC/C=C\C/C=C\C/C=C\C/C=C\C/C=C\C/C=C\CCC(=O)OC(COC(=O)CCCCCCCCCCCCCCCCCC)COC(=O)CCCCCCCCCCCCCCCCCCCCCCCCCCCC. The molecule has 6 heteroatoms. The van der Waals surface area contributed by atoms with Crippen LogP contribution in [0.1, 0.15) is 355 Å². The van der Waals surface area contributed by atoms with E-state index in [-0.39, 0.29) is 37.5 Å². The van der Waals surface area contributed by atoms with Gasteiger partial charge in [0.1, 0.15) is 13.2 Å². The Bertz CT molecular complexity index is 1450. The zero-order valence-corrected chi connectivity index (χ0v) is 52.6. The van der Waals surface area contributed by atoms with Gasteiger partial charge in [-0.15, -0.1) is 0 Å². The minimum absolute atomic E-state index is 0.101. The van der Waals surface area contributed by atoms with Crippen LogP contribution in [0.25, 0.3) is 0 Å². The van der Waals surface area contributed by atoms with Crippen LogP contribution in [-0.2, 0) is 28.6 Å². The molecule has 0 amide bonds. The third-order valence-electron chi connectivity index (χ3n) is 15.2. The number of allylic oxidation sites excluding steroid dienone is 12. The highest BCUT2D eigenvalue weighted by Crippen LogP contribution is 2.18. The first kappa shape index (κ1) is 75.8. The van der Waals surface area contributed by atoms with Crippen molar-refractivity contribution in [2.45, 2.75) is 361 Å². The van der Waals surface area contributed by atoms with Crippen molar-refractivity contribution in [3.05, 3.63) is 72.9 Å². The summed E-state index contributed by atoms with van der Waals surface area (Å²) in [5.41, 5.74) is 0. The molecule has 0 aromatic carbocycles. The van der Waals surface area contributed by atoms with E-state index in [9.17, 15) is 14.4 Å². The Hall–Kier alpha value is -3.15. The number of esters is 3. The van der Waals surface area contributed by atoms with E-state index in [1.165, 1.54) is 231 Å². The second-order valence-electron chi connectivity index (χ2n) is 23.1. The normalized spacial score (nSPS) is 12.5. The Balaban J connectivity index is 4.35. The fraction of sp³-hybridized carbons (Fsp3) is 0.795. The molecule has 0 aliphatic carbocycles. The Labute approximate surface area is 491 Å². The quantitative estimate of drug-likeness (QED) is 0.0261. The van der Waals surface area contributed by atoms with Crippen LogP contribution in [0.3, 0.4) is 0 Å². The summed E-state index contributed by atoms with van der Waals surface area (Å²) in [4.78, 5) is 38.4. The molecule has 0 aromatic rings. The van der Waals surface area contributed by atoms with Gasteiger partial charge < -0.3 is 14.2 Å². The molecule has 1 unspecified atom stereocenters. The number of hydrogen-bond acceptors (Lipinski definition) is 6. The third kappa shape index (κ3) is 65.5. The Morgan fingerprint density at radius 3 is 0.747 bits per heavy atom. The minimum atomic E-state index is -0.814. The molecule has 0 N–H and O–H groups in total. The third-order valence-corrected chi connectivity index (χ3v) is 15.2. The molecule has 0 aliphatic heterocycles. The Kier molecular flexibility index (Phi) is 64.7. The average molecular weight is 1100 g/mol. The Morgan fingerprint density at radius 1 is 0.266 bits per heavy atom. The number of ether oxygens (including phenoxy) is 3. The van der Waals surface area contributed by atoms with E-state index < -0.39 is 6.10 Å². The number of rotatable bonds is 63. The van der Waals surface area contributed by atoms with E-state index >= 15 is 0 Å². The molecule has 6 nitrogen and oxygen atoms in total. The van der Waals surface area contributed by atoms with Crippen molar-refractivity contribution in [1.29, 1.82) is 0 Å². The molecule has 0 radical (unpaired) electrons. The van der Waals surface area contributed by atoms with Gasteiger partial charge in [-0.2, -0.15) is 0 Å². The molecule has 0 bridgehead atoms. The summed E-state index contributed by atoms with van der Waals surface area (Å²) in [6.07, 6.45) is 88.0. The zero-order valence-electron chi connectivity index (χ0n) is 52.6. The van der Waals surface area contributed by atoms with Gasteiger partial charge in [0.2, 0.25) is 0 Å². The molecule has 0 saturated carbocycles. The first-order valence-electron chi connectivity index (χ1n) is 34.4. The summed E-state index contributed by atoms with van der Waals surface area (Å²) in [5, 5.41) is 0. The van der Waals surface area contributed by atoms with Crippen LogP contribution in [0.4, 0.5) is 0 Å². The van der Waals surface area contributed by atoms with Crippen molar-refractivity contribution < 1.29 is 28.6 Å². The summed E-state index contributed by atoms with van der Waals surface area (Å²) >= 11 is 0. The number of unbranched alkanes of at least 4 members (excludes halogenated alkanes) is 40. The lowest BCUT2D eigenvalue weighted by molar-refractivity contribution is -0.166. The largest absolute Gasteiger partial charge is 0.462 e. The smallest absolute Gasteiger partial charge is 0.306 e. The molecule has 0 rings (SSSR count). The van der Waals surface area contributed by atoms with E-state index in [1.54, 1.807) is 0 Å². The Morgan fingerprint density at radius 2 is 0.494 bits per heavy atom. The first-order valence-corrected chi connectivity index (χ1v) is 34.4. The van der Waals surface area contributed by atoms with Gasteiger partial charge in [-0.1, -0.05) is 351 Å². The lowest BCUT2D eigenvalue weighted by Crippen LogP contribution is -2.30. The molecule has 79 heavy (non-hydrogen) atoms. The van der Waals surface area contributed by atoms with E-state index in [0.29, 0.717) is 19.3 Å². The lowest BCUT2D eigenvalue weighted by Gasteiger charge is -2.18. The highest BCUT2D eigenvalue weighted by molar-refractivity contribution is 5.71. The highest BCUT2D eigenvalue weighted by Gasteiger charge is 2.19. The van der Waals surface area contributed by atoms with Crippen LogP contribution >= 0.6 is 0 Å². The van der Waals surface area contributed by atoms with Crippen molar-refractivity contribution in [2.75, 3.05) is 13.2 Å². The molecule has 1 atom stereocenters. The zero-order chi connectivity index (χ0) is 57.1. The van der Waals surface area contributed by atoms with Crippen LogP contribution in [0.5, 0.6) is 0 Å². The summed E-state index contributed by atoms with van der Waals surface area (Å²) in [6, 6.07) is 0. The molecular weight excluding hydrogens is 973 g/mol. The van der Waals surface area contributed by atoms with Gasteiger partial charge in [-0.05, 0) is 57.8 Å². The van der Waals surface area contributed by atoms with Gasteiger partial charge in [0.05, 0.1) is 0 Å². The van der Waals surface area contributed by atoms with Crippen LogP contribution < -0.4 is 0 Å². The van der Waals surface area contributed by atoms with Crippen LogP contribution in [-0.4, -0.2) is 37.2 Å². The molecule has 0 aromatic heterocycles. The van der Waals surface area contributed by atoms with Crippen molar-refractivity contribution in [1.82, 2.24) is 0 Å². The van der Waals surface area contributed by atoms with Crippen molar-refractivity contribution in [3.63, 3.8) is 0 Å². The maximum atomic E-state index is 12.9. The van der Waals surface area contributed by atoms with Gasteiger partial charge in [0.25, 0.3) is 0 Å². The van der Waals surface area contributed by atoms with E-state index in [2.05, 4.69) is 87.6 Å². The number of carbonyl (C=O) groups excluding carboxylic acids is 3. The maximum Gasteiger partial charge on any atom is 0.306 e. The first-order chi connectivity index (χ1) is 39.0. The fourth-order valence-electron chi connectivity index (χ4n) is 10.1. The van der Waals surface area contributed by atoms with Gasteiger partial charge in [-0.3, -0.25) is 14.4 Å². The maximum absolute atomic E-state index is 12.9. The molecular formula is C73H130O6. The van der Waals surface area contributed by atoms with Crippen molar-refractivity contribution in [2.24, 2.45) is 0 Å². The van der Waals surface area contributed by atoms with E-state index in [1.807, 2.05) is 6.08 Å². The lowest BCUT2D eigenvalue weighted by atomic mass is 10.0. The van der Waals surface area contributed by atoms with E-state index in [0.717, 1.165) is 77.0 Å².